The van der Waals surface area contributed by atoms with Crippen molar-refractivity contribution in [3.8, 4) is 0 Å². The van der Waals surface area contributed by atoms with E-state index in [1.54, 1.807) is 6.20 Å². The largest absolute Gasteiger partial charge is 0.381 e. The summed E-state index contributed by atoms with van der Waals surface area (Å²) < 4.78 is 7.31. The van der Waals surface area contributed by atoms with Crippen molar-refractivity contribution in [2.75, 3.05) is 25.1 Å². The molecule has 102 valence electrons. The average molecular weight is 260 g/mol. The second-order valence-electron chi connectivity index (χ2n) is 5.67. The van der Waals surface area contributed by atoms with Gasteiger partial charge in [-0.05, 0) is 31.2 Å². The Morgan fingerprint density at radius 3 is 3.00 bits per heavy atom. The molecule has 0 bridgehead atoms. The van der Waals surface area contributed by atoms with Gasteiger partial charge in [-0.15, -0.1) is 0 Å². The molecule has 1 aliphatic rings. The lowest BCUT2D eigenvalue weighted by atomic mass is 9.82. The Hall–Kier alpha value is -1.62. The molecule has 2 aromatic heterocycles. The molecule has 5 heteroatoms. The molecule has 1 fully saturated rings. The van der Waals surface area contributed by atoms with Crippen molar-refractivity contribution in [2.24, 2.45) is 5.41 Å². The summed E-state index contributed by atoms with van der Waals surface area (Å²) in [5.41, 5.74) is 2.34. The first-order valence-corrected chi connectivity index (χ1v) is 6.79. The van der Waals surface area contributed by atoms with E-state index in [9.17, 15) is 0 Å². The van der Waals surface area contributed by atoms with Gasteiger partial charge < -0.3 is 10.1 Å². The van der Waals surface area contributed by atoms with E-state index >= 15 is 0 Å². The number of fused-ring (bicyclic) bond motifs is 1. The zero-order valence-corrected chi connectivity index (χ0v) is 11.5. The molecule has 0 atom stereocenters. The lowest BCUT2D eigenvalue weighted by molar-refractivity contribution is 0.0300. The molecule has 5 nitrogen and oxygen atoms in total. The number of nitrogens with one attached hydrogen (secondary N) is 1. The first-order chi connectivity index (χ1) is 9.16. The van der Waals surface area contributed by atoms with Crippen molar-refractivity contribution in [2.45, 2.75) is 26.7 Å². The summed E-state index contributed by atoms with van der Waals surface area (Å²) in [4.78, 5) is 4.43. The van der Waals surface area contributed by atoms with E-state index in [0.29, 0.717) is 5.41 Å². The zero-order valence-electron chi connectivity index (χ0n) is 11.5. The molecular weight excluding hydrogens is 240 g/mol. The normalized spacial score (nSPS) is 18.6. The second-order valence-corrected chi connectivity index (χ2v) is 5.67. The van der Waals surface area contributed by atoms with E-state index in [2.05, 4.69) is 28.4 Å². The molecule has 3 heterocycles. The molecule has 0 aliphatic carbocycles. The van der Waals surface area contributed by atoms with Gasteiger partial charge in [0.05, 0.1) is 5.69 Å². The highest BCUT2D eigenvalue weighted by Crippen LogP contribution is 2.30. The minimum absolute atomic E-state index is 0.293. The minimum atomic E-state index is 0.293. The fourth-order valence-corrected chi connectivity index (χ4v) is 2.52. The molecule has 0 unspecified atom stereocenters. The molecule has 1 aliphatic heterocycles. The summed E-state index contributed by atoms with van der Waals surface area (Å²) in [7, 11) is 0. The van der Waals surface area contributed by atoms with Crippen LogP contribution in [0, 0.1) is 12.3 Å². The number of hydrogen-bond acceptors (Lipinski definition) is 4. The van der Waals surface area contributed by atoms with Crippen LogP contribution in [0.2, 0.25) is 0 Å². The fraction of sp³-hybridized carbons (Fsp3) is 0.571. The molecule has 0 saturated carbocycles. The van der Waals surface area contributed by atoms with Crippen LogP contribution < -0.4 is 5.32 Å². The van der Waals surface area contributed by atoms with Gasteiger partial charge in [0.2, 0.25) is 0 Å². The molecule has 0 aromatic carbocycles. The van der Waals surface area contributed by atoms with Crippen molar-refractivity contribution in [3.63, 3.8) is 0 Å². The molecular formula is C14H20N4O. The minimum Gasteiger partial charge on any atom is -0.381 e. The zero-order chi connectivity index (χ0) is 13.3. The predicted octanol–water partition coefficient (Wildman–Crippen LogP) is 2.27. The van der Waals surface area contributed by atoms with Crippen molar-refractivity contribution >= 4 is 11.3 Å². The first-order valence-electron chi connectivity index (χ1n) is 6.79. The highest BCUT2D eigenvalue weighted by molar-refractivity contribution is 5.67. The molecule has 2 aromatic rings. The third-order valence-electron chi connectivity index (χ3n) is 3.89. The number of ether oxygens (including phenoxy) is 1. The standard InChI is InChI=1S/C14H20N4O/c1-11-9-12-13(15-5-6-18(12)17-11)16-10-14(2)3-7-19-8-4-14/h5-6,9H,3-4,7-8,10H2,1-2H3,(H,15,16). The van der Waals surface area contributed by atoms with Gasteiger partial charge in [0.25, 0.3) is 0 Å². The van der Waals surface area contributed by atoms with Gasteiger partial charge >= 0.3 is 0 Å². The summed E-state index contributed by atoms with van der Waals surface area (Å²) >= 11 is 0. The fourth-order valence-electron chi connectivity index (χ4n) is 2.52. The Morgan fingerprint density at radius 1 is 1.42 bits per heavy atom. The van der Waals surface area contributed by atoms with E-state index < -0.39 is 0 Å². The van der Waals surface area contributed by atoms with Crippen LogP contribution in [-0.2, 0) is 4.74 Å². The number of nitrogens with zero attached hydrogens (tertiary/aromatic N) is 3. The SMILES string of the molecule is Cc1cc2c(NCC3(C)CCOCC3)nccn2n1. The molecule has 3 rings (SSSR count). The molecule has 0 radical (unpaired) electrons. The summed E-state index contributed by atoms with van der Waals surface area (Å²) in [5.74, 6) is 0.913. The highest BCUT2D eigenvalue weighted by Gasteiger charge is 2.27. The van der Waals surface area contributed by atoms with Crippen LogP contribution in [0.25, 0.3) is 5.52 Å². The number of aryl methyl sites for hydroxylation is 1. The van der Waals surface area contributed by atoms with E-state index in [0.717, 1.165) is 49.6 Å². The molecule has 19 heavy (non-hydrogen) atoms. The van der Waals surface area contributed by atoms with Crippen molar-refractivity contribution in [1.29, 1.82) is 0 Å². The summed E-state index contributed by atoms with van der Waals surface area (Å²) in [6.45, 7) is 6.96. The van der Waals surface area contributed by atoms with Crippen molar-refractivity contribution in [1.82, 2.24) is 14.6 Å². The van der Waals surface area contributed by atoms with Gasteiger partial charge in [-0.25, -0.2) is 9.50 Å². The first kappa shape index (κ1) is 12.4. The monoisotopic (exact) mass is 260 g/mol. The Morgan fingerprint density at radius 2 is 2.21 bits per heavy atom. The molecule has 1 N–H and O–H groups in total. The van der Waals surface area contributed by atoms with E-state index in [4.69, 9.17) is 4.74 Å². The number of hydrogen-bond donors (Lipinski definition) is 1. The molecule has 1 saturated heterocycles. The Bertz CT molecular complexity index is 572. The van der Waals surface area contributed by atoms with Crippen LogP contribution in [0.1, 0.15) is 25.5 Å². The smallest absolute Gasteiger partial charge is 0.152 e. The van der Waals surface area contributed by atoms with Crippen molar-refractivity contribution in [3.05, 3.63) is 24.2 Å². The van der Waals surface area contributed by atoms with Gasteiger partial charge in [-0.2, -0.15) is 5.10 Å². The van der Waals surface area contributed by atoms with Crippen LogP contribution in [0.4, 0.5) is 5.82 Å². The number of anilines is 1. The second kappa shape index (κ2) is 4.81. The summed E-state index contributed by atoms with van der Waals surface area (Å²) in [6.07, 6.45) is 5.86. The molecule has 0 spiro atoms. The Balaban J connectivity index is 1.78. The van der Waals surface area contributed by atoms with Gasteiger partial charge in [0.1, 0.15) is 5.52 Å². The third-order valence-corrected chi connectivity index (χ3v) is 3.89. The van der Waals surface area contributed by atoms with Crippen LogP contribution >= 0.6 is 0 Å². The van der Waals surface area contributed by atoms with Crippen LogP contribution in [0.5, 0.6) is 0 Å². The van der Waals surface area contributed by atoms with Crippen LogP contribution in [0.3, 0.4) is 0 Å². The van der Waals surface area contributed by atoms with Gasteiger partial charge in [0, 0.05) is 32.2 Å². The maximum absolute atomic E-state index is 5.43. The maximum Gasteiger partial charge on any atom is 0.152 e. The van der Waals surface area contributed by atoms with E-state index in [-0.39, 0.29) is 0 Å². The van der Waals surface area contributed by atoms with Gasteiger partial charge in [0.15, 0.2) is 5.82 Å². The van der Waals surface area contributed by atoms with E-state index in [1.165, 1.54) is 0 Å². The lowest BCUT2D eigenvalue weighted by Gasteiger charge is -2.33. The lowest BCUT2D eigenvalue weighted by Crippen LogP contribution is -2.33. The van der Waals surface area contributed by atoms with Gasteiger partial charge in [-0.1, -0.05) is 6.92 Å². The summed E-state index contributed by atoms with van der Waals surface area (Å²) in [6, 6.07) is 2.06. The quantitative estimate of drug-likeness (QED) is 0.919. The Labute approximate surface area is 113 Å². The van der Waals surface area contributed by atoms with Gasteiger partial charge in [-0.3, -0.25) is 0 Å². The third kappa shape index (κ3) is 2.56. The maximum atomic E-state index is 5.43. The van der Waals surface area contributed by atoms with E-state index in [1.807, 2.05) is 17.6 Å². The number of aromatic nitrogens is 3. The highest BCUT2D eigenvalue weighted by atomic mass is 16.5. The topological polar surface area (TPSA) is 51.5 Å². The predicted molar refractivity (Wildman–Crippen MR) is 74.4 cm³/mol. The Kier molecular flexibility index (Phi) is 3.14. The number of rotatable bonds is 3. The average Bonchev–Trinajstić information content (AvgIpc) is 2.78. The summed E-state index contributed by atoms with van der Waals surface area (Å²) in [5, 5.41) is 7.89. The van der Waals surface area contributed by atoms with Crippen LogP contribution in [0.15, 0.2) is 18.5 Å². The molecule has 0 amide bonds. The van der Waals surface area contributed by atoms with Crippen LogP contribution in [-0.4, -0.2) is 34.4 Å². The van der Waals surface area contributed by atoms with Crippen molar-refractivity contribution < 1.29 is 4.74 Å².